The molecule has 3 aliphatic heterocycles. The van der Waals surface area contributed by atoms with Crippen molar-refractivity contribution in [3.63, 3.8) is 0 Å². The Bertz CT molecular complexity index is 2560. The van der Waals surface area contributed by atoms with Crippen LogP contribution in [0, 0.1) is 35.5 Å². The minimum atomic E-state index is 0.732. The van der Waals surface area contributed by atoms with Crippen LogP contribution in [0.4, 0.5) is 11.4 Å². The van der Waals surface area contributed by atoms with Crippen LogP contribution in [0.15, 0.2) is 161 Å². The summed E-state index contributed by atoms with van der Waals surface area (Å²) in [4.78, 5) is 17.3. The Kier molecular flexibility index (Phi) is 10.6. The van der Waals surface area contributed by atoms with Crippen molar-refractivity contribution >= 4 is 28.5 Å². The first kappa shape index (κ1) is 34.0. The van der Waals surface area contributed by atoms with Crippen LogP contribution in [0.25, 0.3) is 0 Å². The summed E-state index contributed by atoms with van der Waals surface area (Å²) in [7, 11) is 0. The van der Waals surface area contributed by atoms with E-state index < -0.39 is 0 Å². The van der Waals surface area contributed by atoms with E-state index >= 15 is 0 Å². The summed E-state index contributed by atoms with van der Waals surface area (Å²) in [6.45, 7) is 2.22. The van der Waals surface area contributed by atoms with Crippen molar-refractivity contribution in [2.24, 2.45) is 15.0 Å². The maximum absolute atomic E-state index is 5.72. The Morgan fingerprint density at radius 3 is 1.28 bits per heavy atom. The summed E-state index contributed by atoms with van der Waals surface area (Å²) < 4.78 is 0. The normalized spacial score (nSPS) is 12.3. The fourth-order valence-electron chi connectivity index (χ4n) is 5.75. The molecule has 6 heteroatoms. The molecule has 0 aliphatic carbocycles. The molecule has 0 amide bonds. The van der Waals surface area contributed by atoms with Crippen molar-refractivity contribution in [2.75, 3.05) is 11.5 Å². The number of anilines is 2. The van der Waals surface area contributed by atoms with Crippen molar-refractivity contribution in [1.82, 2.24) is 4.98 Å². The van der Waals surface area contributed by atoms with Gasteiger partial charge in [0.2, 0.25) is 0 Å². The summed E-state index contributed by atoms with van der Waals surface area (Å²) in [6, 6.07) is 43.6. The molecule has 6 aromatic rings. The Morgan fingerprint density at radius 2 is 0.811 bits per heavy atom. The highest BCUT2D eigenvalue weighted by Gasteiger charge is 2.14. The lowest BCUT2D eigenvalue weighted by atomic mass is 10.1. The number of aromatic nitrogens is 1. The average molecular weight is 683 g/mol. The molecule has 6 nitrogen and oxygen atoms in total. The van der Waals surface area contributed by atoms with Gasteiger partial charge in [-0.15, -0.1) is 0 Å². The van der Waals surface area contributed by atoms with Gasteiger partial charge in [0.15, 0.2) is 0 Å². The molecule has 9 rings (SSSR count). The van der Waals surface area contributed by atoms with Crippen LogP contribution in [-0.2, 0) is 19.6 Å². The van der Waals surface area contributed by atoms with Crippen LogP contribution in [0.1, 0.15) is 50.1 Å². The summed E-state index contributed by atoms with van der Waals surface area (Å²) in [6.07, 6.45) is 3.49. The molecule has 4 heterocycles. The van der Waals surface area contributed by atoms with Crippen molar-refractivity contribution < 1.29 is 0 Å². The van der Waals surface area contributed by atoms with Gasteiger partial charge in [0, 0.05) is 57.1 Å². The van der Waals surface area contributed by atoms with Crippen LogP contribution < -0.4 is 11.5 Å². The molecule has 0 fully saturated rings. The fraction of sp³-hybridized carbons (Fsp3) is 0.0638. The molecule has 252 valence electrons. The lowest BCUT2D eigenvalue weighted by molar-refractivity contribution is 1.11. The molecule has 4 N–H and O–H groups in total. The molecule has 0 radical (unpaired) electrons. The smallest absolute Gasteiger partial charge is 0.115 e. The maximum atomic E-state index is 5.72. The van der Waals surface area contributed by atoms with E-state index in [1.165, 1.54) is 16.7 Å². The van der Waals surface area contributed by atoms with Gasteiger partial charge >= 0.3 is 0 Å². The van der Waals surface area contributed by atoms with E-state index in [1.54, 1.807) is 12.4 Å². The van der Waals surface area contributed by atoms with Crippen LogP contribution in [-0.4, -0.2) is 22.1 Å². The number of hydrogen-bond acceptors (Lipinski definition) is 6. The van der Waals surface area contributed by atoms with E-state index in [0.717, 1.165) is 81.5 Å². The molecular formula is C47H34N6. The number of rotatable bonds is 0. The minimum Gasteiger partial charge on any atom is -0.399 e. The van der Waals surface area contributed by atoms with Crippen LogP contribution in [0.5, 0.6) is 0 Å². The number of nitrogen functional groups attached to an aromatic ring is 2. The van der Waals surface area contributed by atoms with Crippen LogP contribution in [0.3, 0.4) is 0 Å². The van der Waals surface area contributed by atoms with Gasteiger partial charge in [0.25, 0.3) is 0 Å². The molecule has 0 atom stereocenters. The average Bonchev–Trinajstić information content (AvgIpc) is 3.94. The summed E-state index contributed by atoms with van der Waals surface area (Å²) in [5, 5.41) is 0. The molecule has 0 saturated carbocycles. The minimum absolute atomic E-state index is 0.732. The van der Waals surface area contributed by atoms with Crippen molar-refractivity contribution in [1.29, 1.82) is 0 Å². The number of aliphatic imine (C=N–C) groups is 3. The van der Waals surface area contributed by atoms with Gasteiger partial charge in [-0.25, -0.2) is 0 Å². The molecule has 0 unspecified atom stereocenters. The first-order valence-corrected chi connectivity index (χ1v) is 17.1. The van der Waals surface area contributed by atoms with E-state index in [4.69, 9.17) is 11.5 Å². The summed E-state index contributed by atoms with van der Waals surface area (Å²) in [5.74, 6) is 18.7. The third kappa shape index (κ3) is 8.83. The largest absolute Gasteiger partial charge is 0.399 e. The number of nitrogens with zero attached hydrogens (tertiary/aromatic N) is 4. The molecular weight excluding hydrogens is 649 g/mol. The number of nitrogens with two attached hydrogens (primary N) is 2. The Morgan fingerprint density at radius 1 is 0.377 bits per heavy atom. The second-order valence-corrected chi connectivity index (χ2v) is 12.2. The van der Waals surface area contributed by atoms with Gasteiger partial charge in [-0.2, -0.15) is 0 Å². The summed E-state index contributed by atoms with van der Waals surface area (Å²) >= 11 is 0. The van der Waals surface area contributed by atoms with E-state index in [0.29, 0.717) is 0 Å². The Hall–Kier alpha value is -7.46. The zero-order chi connectivity index (χ0) is 36.2. The maximum Gasteiger partial charge on any atom is 0.115 e. The first-order valence-electron chi connectivity index (χ1n) is 17.1. The molecule has 0 saturated heterocycles. The third-order valence-corrected chi connectivity index (χ3v) is 8.49. The highest BCUT2D eigenvalue weighted by molar-refractivity contribution is 6.16. The van der Waals surface area contributed by atoms with Gasteiger partial charge in [0.1, 0.15) is 17.1 Å². The number of fused-ring (bicyclic) bond motifs is 3. The highest BCUT2D eigenvalue weighted by Crippen LogP contribution is 2.20. The molecule has 1 aromatic heterocycles. The monoisotopic (exact) mass is 682 g/mol. The third-order valence-electron chi connectivity index (χ3n) is 8.49. The SMILES string of the molecule is C(#Cc1ccncc1)C1=NCc2ccccc21.Nc1ccc(C#CC2=NCc3ccccc32)cc1.Nc1cccc(C#CC2=NCc3ccccc32)c1. The van der Waals surface area contributed by atoms with E-state index in [2.05, 4.69) is 91.9 Å². The predicted octanol–water partition coefficient (Wildman–Crippen LogP) is 7.68. The number of hydrogen-bond donors (Lipinski definition) is 2. The molecule has 0 spiro atoms. The van der Waals surface area contributed by atoms with Crippen LogP contribution in [0.2, 0.25) is 0 Å². The van der Waals surface area contributed by atoms with E-state index in [9.17, 15) is 0 Å². The Labute approximate surface area is 310 Å². The molecule has 5 aromatic carbocycles. The van der Waals surface area contributed by atoms with Gasteiger partial charge < -0.3 is 11.5 Å². The number of benzene rings is 5. The Balaban J connectivity index is 0.000000123. The van der Waals surface area contributed by atoms with Gasteiger partial charge in [0.05, 0.1) is 19.6 Å². The second kappa shape index (κ2) is 16.5. The molecule has 53 heavy (non-hydrogen) atoms. The van der Waals surface area contributed by atoms with Gasteiger partial charge in [-0.3, -0.25) is 20.0 Å². The van der Waals surface area contributed by atoms with Gasteiger partial charge in [-0.1, -0.05) is 96.6 Å². The molecule has 3 aliphatic rings. The summed E-state index contributed by atoms with van der Waals surface area (Å²) in [5.41, 5.74) is 25.5. The zero-order valence-electron chi connectivity index (χ0n) is 28.9. The second-order valence-electron chi connectivity index (χ2n) is 12.2. The van der Waals surface area contributed by atoms with E-state index in [-0.39, 0.29) is 0 Å². The van der Waals surface area contributed by atoms with Crippen molar-refractivity contribution in [3.05, 3.63) is 196 Å². The fourth-order valence-corrected chi connectivity index (χ4v) is 5.75. The quantitative estimate of drug-likeness (QED) is 0.127. The molecule has 0 bridgehead atoms. The topological polar surface area (TPSA) is 102 Å². The zero-order valence-corrected chi connectivity index (χ0v) is 28.9. The van der Waals surface area contributed by atoms with Crippen LogP contribution >= 0.6 is 0 Å². The highest BCUT2D eigenvalue weighted by atomic mass is 14.8. The standard InChI is InChI=1S/2C16H12N2.C15H10N2/c17-14-6-3-4-12(10-14)8-9-16-15-7-2-1-5-13(15)11-18-16;17-14-8-5-12(6-9-14)7-10-16-15-4-2-1-3-13(15)11-18-16;1-2-4-14-13(3-1)11-17-15(14)6-5-12-7-9-16-10-8-12/h1-7,10H,11,17H2;1-6,8-9H,11,17H2;1-4,7-10H,11H2. The van der Waals surface area contributed by atoms with E-state index in [1.807, 2.05) is 97.1 Å². The number of pyridine rings is 1. The first-order chi connectivity index (χ1) is 26.1. The van der Waals surface area contributed by atoms with Crippen molar-refractivity contribution in [2.45, 2.75) is 19.6 Å². The lowest BCUT2D eigenvalue weighted by Crippen LogP contribution is -1.94. The lowest BCUT2D eigenvalue weighted by Gasteiger charge is -1.96. The van der Waals surface area contributed by atoms with Gasteiger partial charge in [-0.05, 0) is 89.0 Å². The van der Waals surface area contributed by atoms with Crippen molar-refractivity contribution in [3.8, 4) is 35.5 Å². The predicted molar refractivity (Wildman–Crippen MR) is 217 cm³/mol.